The van der Waals surface area contributed by atoms with E-state index in [0.717, 1.165) is 10.8 Å². The molecular formula is C25H15Cl2FN2O3. The Hall–Kier alpha value is -3.74. The Kier molecular flexibility index (Phi) is 6.68. The van der Waals surface area contributed by atoms with Gasteiger partial charge in [-0.3, -0.25) is 4.79 Å². The molecule has 0 aromatic heterocycles. The second-order valence-electron chi connectivity index (χ2n) is 6.92. The minimum Gasteiger partial charge on any atom is -0.422 e. The predicted octanol–water partition coefficient (Wildman–Crippen LogP) is 6.27. The van der Waals surface area contributed by atoms with Crippen molar-refractivity contribution in [1.82, 2.24) is 5.43 Å². The molecule has 8 heteroatoms. The molecule has 33 heavy (non-hydrogen) atoms. The van der Waals surface area contributed by atoms with E-state index in [1.54, 1.807) is 12.1 Å². The molecule has 0 spiro atoms. The average Bonchev–Trinajstić information content (AvgIpc) is 2.80. The van der Waals surface area contributed by atoms with Crippen molar-refractivity contribution in [2.45, 2.75) is 0 Å². The van der Waals surface area contributed by atoms with Crippen molar-refractivity contribution in [3.63, 3.8) is 0 Å². The fraction of sp³-hybridized carbons (Fsp3) is 0. The van der Waals surface area contributed by atoms with Crippen LogP contribution in [0, 0.1) is 5.82 Å². The van der Waals surface area contributed by atoms with E-state index >= 15 is 0 Å². The van der Waals surface area contributed by atoms with Gasteiger partial charge in [0.05, 0.1) is 16.8 Å². The first kappa shape index (κ1) is 22.5. The SMILES string of the molecule is O=C(NN=Cc1c(OC(=O)c2ccc(Cl)cc2Cl)ccc2ccccc12)c1ccc(F)cc1. The number of fused-ring (bicyclic) bond motifs is 1. The maximum absolute atomic E-state index is 13.1. The van der Waals surface area contributed by atoms with Crippen molar-refractivity contribution in [2.24, 2.45) is 5.10 Å². The minimum atomic E-state index is -0.669. The summed E-state index contributed by atoms with van der Waals surface area (Å²) in [5, 5.41) is 6.20. The summed E-state index contributed by atoms with van der Waals surface area (Å²) in [6.07, 6.45) is 1.38. The molecule has 0 radical (unpaired) electrons. The Bertz CT molecular complexity index is 1390. The average molecular weight is 481 g/mol. The maximum atomic E-state index is 13.1. The zero-order valence-electron chi connectivity index (χ0n) is 16.9. The second-order valence-corrected chi connectivity index (χ2v) is 7.76. The highest BCUT2D eigenvalue weighted by Gasteiger charge is 2.16. The van der Waals surface area contributed by atoms with Crippen LogP contribution in [-0.2, 0) is 0 Å². The van der Waals surface area contributed by atoms with E-state index in [-0.39, 0.29) is 21.9 Å². The van der Waals surface area contributed by atoms with Crippen LogP contribution in [0.5, 0.6) is 5.75 Å². The topological polar surface area (TPSA) is 67.8 Å². The Morgan fingerprint density at radius 2 is 1.70 bits per heavy atom. The Labute approximate surface area is 198 Å². The largest absolute Gasteiger partial charge is 0.422 e. The first-order valence-electron chi connectivity index (χ1n) is 9.70. The summed E-state index contributed by atoms with van der Waals surface area (Å²) in [5.74, 6) is -1.41. The molecule has 0 aliphatic rings. The number of benzene rings is 4. The van der Waals surface area contributed by atoms with E-state index < -0.39 is 17.7 Å². The molecule has 0 unspecified atom stereocenters. The number of rotatable bonds is 5. The number of nitrogens with one attached hydrogen (secondary N) is 1. The lowest BCUT2D eigenvalue weighted by atomic mass is 10.0. The van der Waals surface area contributed by atoms with Crippen molar-refractivity contribution in [2.75, 3.05) is 0 Å². The Morgan fingerprint density at radius 3 is 2.45 bits per heavy atom. The minimum absolute atomic E-state index is 0.154. The summed E-state index contributed by atoms with van der Waals surface area (Å²) < 4.78 is 18.7. The van der Waals surface area contributed by atoms with Crippen LogP contribution in [0.25, 0.3) is 10.8 Å². The van der Waals surface area contributed by atoms with Gasteiger partial charge in [0.25, 0.3) is 5.91 Å². The van der Waals surface area contributed by atoms with Gasteiger partial charge in [-0.05, 0) is 59.3 Å². The van der Waals surface area contributed by atoms with Crippen molar-refractivity contribution < 1.29 is 18.7 Å². The lowest BCUT2D eigenvalue weighted by Gasteiger charge is -2.11. The van der Waals surface area contributed by atoms with Crippen LogP contribution >= 0.6 is 23.2 Å². The molecule has 0 aliphatic carbocycles. The van der Waals surface area contributed by atoms with Crippen LogP contribution in [0.2, 0.25) is 10.0 Å². The zero-order chi connectivity index (χ0) is 23.4. The van der Waals surface area contributed by atoms with E-state index in [0.29, 0.717) is 10.6 Å². The molecule has 4 aromatic rings. The van der Waals surface area contributed by atoms with Gasteiger partial charge in [-0.15, -0.1) is 0 Å². The van der Waals surface area contributed by atoms with Crippen LogP contribution in [-0.4, -0.2) is 18.1 Å². The lowest BCUT2D eigenvalue weighted by Crippen LogP contribution is -2.17. The molecule has 0 saturated carbocycles. The molecule has 5 nitrogen and oxygen atoms in total. The highest BCUT2D eigenvalue weighted by atomic mass is 35.5. The van der Waals surface area contributed by atoms with Gasteiger partial charge in [-0.25, -0.2) is 14.6 Å². The van der Waals surface area contributed by atoms with Gasteiger partial charge in [0, 0.05) is 16.1 Å². The number of hydrazone groups is 1. The summed E-state index contributed by atoms with van der Waals surface area (Å²) in [6, 6.07) is 20.4. The van der Waals surface area contributed by atoms with Gasteiger partial charge in [0.1, 0.15) is 11.6 Å². The lowest BCUT2D eigenvalue weighted by molar-refractivity contribution is 0.0734. The fourth-order valence-corrected chi connectivity index (χ4v) is 3.61. The van der Waals surface area contributed by atoms with E-state index in [9.17, 15) is 14.0 Å². The van der Waals surface area contributed by atoms with E-state index in [4.69, 9.17) is 27.9 Å². The summed E-state index contributed by atoms with van der Waals surface area (Å²) in [7, 11) is 0. The molecule has 0 aliphatic heterocycles. The summed E-state index contributed by atoms with van der Waals surface area (Å²) in [5.41, 5.74) is 3.27. The van der Waals surface area contributed by atoms with Gasteiger partial charge >= 0.3 is 5.97 Å². The molecule has 1 N–H and O–H groups in total. The highest BCUT2D eigenvalue weighted by Crippen LogP contribution is 2.29. The smallest absolute Gasteiger partial charge is 0.345 e. The number of esters is 1. The highest BCUT2D eigenvalue weighted by molar-refractivity contribution is 6.36. The standard InChI is InChI=1S/C25H15Cl2FN2O3/c26-17-8-11-20(22(27)13-17)25(32)33-23-12-7-15-3-1-2-4-19(15)21(23)14-29-30-24(31)16-5-9-18(28)10-6-16/h1-14H,(H,30,31). The molecule has 0 fully saturated rings. The van der Waals surface area contributed by atoms with Crippen molar-refractivity contribution >= 4 is 52.1 Å². The number of nitrogens with zero attached hydrogens (tertiary/aromatic N) is 1. The van der Waals surface area contributed by atoms with Crippen molar-refractivity contribution in [3.8, 4) is 5.75 Å². The van der Waals surface area contributed by atoms with Crippen molar-refractivity contribution in [1.29, 1.82) is 0 Å². The quantitative estimate of drug-likeness (QED) is 0.158. The molecule has 164 valence electrons. The van der Waals surface area contributed by atoms with Crippen LogP contribution in [0.15, 0.2) is 84.0 Å². The van der Waals surface area contributed by atoms with Gasteiger partial charge in [0.2, 0.25) is 0 Å². The Morgan fingerprint density at radius 1 is 0.939 bits per heavy atom. The normalized spacial score (nSPS) is 11.0. The first-order chi connectivity index (χ1) is 15.9. The first-order valence-corrected chi connectivity index (χ1v) is 10.5. The molecule has 0 atom stereocenters. The number of amides is 1. The summed E-state index contributed by atoms with van der Waals surface area (Å²) >= 11 is 12.0. The molecule has 1 amide bonds. The molecule has 0 bridgehead atoms. The van der Waals surface area contributed by atoms with E-state index in [1.165, 1.54) is 48.7 Å². The third-order valence-corrected chi connectivity index (χ3v) is 5.30. The number of hydrogen-bond donors (Lipinski definition) is 1. The summed E-state index contributed by atoms with van der Waals surface area (Å²) in [4.78, 5) is 25.0. The number of halogens is 3. The van der Waals surface area contributed by atoms with Crippen LogP contribution in [0.1, 0.15) is 26.3 Å². The number of hydrogen-bond acceptors (Lipinski definition) is 4. The third kappa shape index (κ3) is 5.19. The van der Waals surface area contributed by atoms with Gasteiger partial charge in [-0.2, -0.15) is 5.10 Å². The van der Waals surface area contributed by atoms with Gasteiger partial charge < -0.3 is 4.74 Å². The van der Waals surface area contributed by atoms with E-state index in [2.05, 4.69) is 10.5 Å². The summed E-state index contributed by atoms with van der Waals surface area (Å²) in [6.45, 7) is 0. The molecule has 4 rings (SSSR count). The monoisotopic (exact) mass is 480 g/mol. The molecular weight excluding hydrogens is 466 g/mol. The zero-order valence-corrected chi connectivity index (χ0v) is 18.4. The Balaban J connectivity index is 1.63. The number of ether oxygens (including phenoxy) is 1. The van der Waals surface area contributed by atoms with Crippen LogP contribution < -0.4 is 10.2 Å². The maximum Gasteiger partial charge on any atom is 0.345 e. The van der Waals surface area contributed by atoms with Crippen LogP contribution in [0.3, 0.4) is 0 Å². The van der Waals surface area contributed by atoms with E-state index in [1.807, 2.05) is 24.3 Å². The molecule has 0 heterocycles. The fourth-order valence-electron chi connectivity index (χ4n) is 3.13. The molecule has 0 saturated heterocycles. The third-order valence-electron chi connectivity index (χ3n) is 4.75. The predicted molar refractivity (Wildman–Crippen MR) is 127 cm³/mol. The molecule has 4 aromatic carbocycles. The second kappa shape index (κ2) is 9.81. The van der Waals surface area contributed by atoms with Crippen LogP contribution in [0.4, 0.5) is 4.39 Å². The van der Waals surface area contributed by atoms with Gasteiger partial charge in [-0.1, -0.05) is 53.5 Å². The number of carbonyl (C=O) groups excluding carboxylic acids is 2. The van der Waals surface area contributed by atoms with Crippen molar-refractivity contribution in [3.05, 3.63) is 111 Å². The van der Waals surface area contributed by atoms with Gasteiger partial charge in [0.15, 0.2) is 0 Å². The number of carbonyl (C=O) groups is 2.